The summed E-state index contributed by atoms with van der Waals surface area (Å²) in [6, 6.07) is 0.738. The number of rotatable bonds is 5. The lowest BCUT2D eigenvalue weighted by molar-refractivity contribution is 0.140. The lowest BCUT2D eigenvalue weighted by Crippen LogP contribution is -2.37. The zero-order chi connectivity index (χ0) is 10.4. The zero-order valence-corrected chi connectivity index (χ0v) is 9.88. The molecule has 0 spiro atoms. The molecule has 0 bridgehead atoms. The summed E-state index contributed by atoms with van der Waals surface area (Å²) in [5, 5.41) is 3.58. The molecule has 0 amide bonds. The van der Waals surface area contributed by atoms with E-state index in [-0.39, 0.29) is 0 Å². The third-order valence-corrected chi connectivity index (χ3v) is 3.48. The highest BCUT2D eigenvalue weighted by molar-refractivity contribution is 4.79. The van der Waals surface area contributed by atoms with Crippen molar-refractivity contribution in [1.82, 2.24) is 5.32 Å². The highest BCUT2D eigenvalue weighted by Crippen LogP contribution is 2.29. The molecule has 0 aromatic carbocycles. The van der Waals surface area contributed by atoms with E-state index in [0.717, 1.165) is 37.6 Å². The second-order valence-corrected chi connectivity index (χ2v) is 4.62. The number of hydrogen-bond acceptors (Lipinski definition) is 2. The fourth-order valence-electron chi connectivity index (χ4n) is 2.21. The lowest BCUT2D eigenvalue weighted by Gasteiger charge is -2.32. The number of nitrogens with one attached hydrogen (secondary N) is 1. The van der Waals surface area contributed by atoms with E-state index in [2.05, 4.69) is 19.2 Å². The van der Waals surface area contributed by atoms with E-state index in [1.54, 1.807) is 0 Å². The van der Waals surface area contributed by atoms with Crippen molar-refractivity contribution in [2.24, 2.45) is 11.8 Å². The molecule has 0 saturated heterocycles. The van der Waals surface area contributed by atoms with Crippen LogP contribution in [-0.2, 0) is 4.74 Å². The number of hydrogen-bond donors (Lipinski definition) is 1. The van der Waals surface area contributed by atoms with Gasteiger partial charge in [0.25, 0.3) is 0 Å². The Morgan fingerprint density at radius 2 is 2.00 bits per heavy atom. The van der Waals surface area contributed by atoms with Crippen LogP contribution in [0.2, 0.25) is 0 Å². The van der Waals surface area contributed by atoms with Gasteiger partial charge in [0.2, 0.25) is 0 Å². The molecule has 0 heterocycles. The lowest BCUT2D eigenvalue weighted by atomic mass is 9.79. The Bertz CT molecular complexity index is 149. The van der Waals surface area contributed by atoms with E-state index < -0.39 is 0 Å². The van der Waals surface area contributed by atoms with Crippen LogP contribution >= 0.6 is 0 Å². The first-order valence-corrected chi connectivity index (χ1v) is 6.05. The summed E-state index contributed by atoms with van der Waals surface area (Å²) in [5.74, 6) is 1.80. The van der Waals surface area contributed by atoms with Crippen molar-refractivity contribution < 1.29 is 4.74 Å². The first-order chi connectivity index (χ1) is 6.74. The van der Waals surface area contributed by atoms with Crippen LogP contribution in [0.3, 0.4) is 0 Å². The molecule has 1 fully saturated rings. The van der Waals surface area contributed by atoms with E-state index in [9.17, 15) is 0 Å². The highest BCUT2D eigenvalue weighted by Gasteiger charge is 2.23. The number of ether oxygens (including phenoxy) is 1. The molecular weight excluding hydrogens is 174 g/mol. The van der Waals surface area contributed by atoms with Gasteiger partial charge in [-0.15, -0.1) is 0 Å². The molecule has 0 aromatic rings. The average Bonchev–Trinajstić information content (AvgIpc) is 2.18. The second kappa shape index (κ2) is 6.41. The summed E-state index contributed by atoms with van der Waals surface area (Å²) < 4.78 is 5.31. The molecule has 1 saturated carbocycles. The van der Waals surface area contributed by atoms with Crippen LogP contribution in [0.15, 0.2) is 0 Å². The Balaban J connectivity index is 2.07. The van der Waals surface area contributed by atoms with Crippen molar-refractivity contribution in [3.63, 3.8) is 0 Å². The van der Waals surface area contributed by atoms with Crippen LogP contribution in [0.25, 0.3) is 0 Å². The highest BCUT2D eigenvalue weighted by atomic mass is 16.5. The van der Waals surface area contributed by atoms with E-state index >= 15 is 0 Å². The maximum Gasteiger partial charge on any atom is 0.0590 e. The molecule has 1 aliphatic carbocycles. The van der Waals surface area contributed by atoms with Gasteiger partial charge in [0.05, 0.1) is 6.61 Å². The monoisotopic (exact) mass is 199 g/mol. The maximum atomic E-state index is 5.31. The van der Waals surface area contributed by atoms with Gasteiger partial charge in [-0.3, -0.25) is 0 Å². The Labute approximate surface area is 88.4 Å². The van der Waals surface area contributed by atoms with E-state index in [0.29, 0.717) is 0 Å². The average molecular weight is 199 g/mol. The summed E-state index contributed by atoms with van der Waals surface area (Å²) in [7, 11) is 0. The quantitative estimate of drug-likeness (QED) is 0.687. The predicted molar refractivity (Wildman–Crippen MR) is 60.5 cm³/mol. The molecule has 0 aromatic heterocycles. The van der Waals surface area contributed by atoms with Gasteiger partial charge in [-0.2, -0.15) is 0 Å². The van der Waals surface area contributed by atoms with Crippen molar-refractivity contribution in [1.29, 1.82) is 0 Å². The molecule has 14 heavy (non-hydrogen) atoms. The summed E-state index contributed by atoms with van der Waals surface area (Å²) in [6.07, 6.45) is 4.07. The van der Waals surface area contributed by atoms with Crippen LogP contribution in [0.1, 0.15) is 40.0 Å². The van der Waals surface area contributed by atoms with Crippen molar-refractivity contribution in [2.75, 3.05) is 19.8 Å². The molecule has 3 atom stereocenters. The molecule has 1 rings (SSSR count). The van der Waals surface area contributed by atoms with Gasteiger partial charge in [0, 0.05) is 19.2 Å². The smallest absolute Gasteiger partial charge is 0.0590 e. The van der Waals surface area contributed by atoms with Crippen LogP contribution in [-0.4, -0.2) is 25.8 Å². The Kier molecular flexibility index (Phi) is 5.49. The van der Waals surface area contributed by atoms with Crippen LogP contribution in [0, 0.1) is 11.8 Å². The summed E-state index contributed by atoms with van der Waals surface area (Å²) >= 11 is 0. The largest absolute Gasteiger partial charge is 0.380 e. The van der Waals surface area contributed by atoms with E-state index in [1.807, 2.05) is 6.92 Å². The van der Waals surface area contributed by atoms with Gasteiger partial charge in [0.15, 0.2) is 0 Å². The van der Waals surface area contributed by atoms with Crippen LogP contribution in [0.4, 0.5) is 0 Å². The van der Waals surface area contributed by atoms with Gasteiger partial charge in [-0.1, -0.05) is 13.8 Å². The first-order valence-electron chi connectivity index (χ1n) is 6.05. The van der Waals surface area contributed by atoms with Gasteiger partial charge in [-0.05, 0) is 38.0 Å². The van der Waals surface area contributed by atoms with E-state index in [4.69, 9.17) is 4.74 Å². The minimum Gasteiger partial charge on any atom is -0.380 e. The minimum atomic E-state index is 0.738. The Morgan fingerprint density at radius 3 is 2.64 bits per heavy atom. The van der Waals surface area contributed by atoms with Crippen molar-refractivity contribution in [3.05, 3.63) is 0 Å². The summed E-state index contributed by atoms with van der Waals surface area (Å²) in [4.78, 5) is 0. The fraction of sp³-hybridized carbons (Fsp3) is 1.00. The van der Waals surface area contributed by atoms with Crippen molar-refractivity contribution >= 4 is 0 Å². The molecular formula is C12H25NO. The zero-order valence-electron chi connectivity index (χ0n) is 9.88. The fourth-order valence-corrected chi connectivity index (χ4v) is 2.21. The maximum absolute atomic E-state index is 5.31. The first kappa shape index (κ1) is 12.0. The van der Waals surface area contributed by atoms with Gasteiger partial charge < -0.3 is 10.1 Å². The van der Waals surface area contributed by atoms with Crippen LogP contribution < -0.4 is 5.32 Å². The standard InChI is InChI=1S/C12H25NO/c1-4-14-8-7-13-12-6-5-10(2)11(3)9-12/h10-13H,4-9H2,1-3H3/t10-,11+,12-/m1/s1. The van der Waals surface area contributed by atoms with Gasteiger partial charge in [-0.25, -0.2) is 0 Å². The topological polar surface area (TPSA) is 21.3 Å². The predicted octanol–water partition coefficient (Wildman–Crippen LogP) is 2.44. The SMILES string of the molecule is CCOCCN[C@@H]1CC[C@@H](C)[C@@H](C)C1. The van der Waals surface area contributed by atoms with Crippen molar-refractivity contribution in [2.45, 2.75) is 46.1 Å². The van der Waals surface area contributed by atoms with Crippen LogP contribution in [0.5, 0.6) is 0 Å². The van der Waals surface area contributed by atoms with Crippen molar-refractivity contribution in [3.8, 4) is 0 Å². The molecule has 1 aliphatic rings. The molecule has 2 nitrogen and oxygen atoms in total. The van der Waals surface area contributed by atoms with Gasteiger partial charge >= 0.3 is 0 Å². The molecule has 0 aliphatic heterocycles. The Hall–Kier alpha value is -0.0800. The second-order valence-electron chi connectivity index (χ2n) is 4.62. The van der Waals surface area contributed by atoms with E-state index in [1.165, 1.54) is 19.3 Å². The third kappa shape index (κ3) is 3.97. The Morgan fingerprint density at radius 1 is 1.21 bits per heavy atom. The van der Waals surface area contributed by atoms with Gasteiger partial charge in [0.1, 0.15) is 0 Å². The molecule has 1 N–H and O–H groups in total. The molecule has 84 valence electrons. The minimum absolute atomic E-state index is 0.738. The molecule has 0 unspecified atom stereocenters. The normalized spacial score (nSPS) is 33.2. The summed E-state index contributed by atoms with van der Waals surface area (Å²) in [5.41, 5.74) is 0. The third-order valence-electron chi connectivity index (χ3n) is 3.48. The summed E-state index contributed by atoms with van der Waals surface area (Å²) in [6.45, 7) is 9.50. The molecule has 2 heteroatoms. The molecule has 0 radical (unpaired) electrons.